The summed E-state index contributed by atoms with van der Waals surface area (Å²) in [6, 6.07) is 0. The lowest BCUT2D eigenvalue weighted by atomic mass is 9.71. The topological polar surface area (TPSA) is 63.6 Å². The molecular weight excluding hydrogens is 232 g/mol. The van der Waals surface area contributed by atoms with Gasteiger partial charge in [-0.3, -0.25) is 9.59 Å². The summed E-state index contributed by atoms with van der Waals surface area (Å²) in [5.74, 6) is -1.29. The normalized spacial score (nSPS) is 44.3. The summed E-state index contributed by atoms with van der Waals surface area (Å²) in [6.45, 7) is 3.84. The lowest BCUT2D eigenvalue weighted by Crippen LogP contribution is -2.30. The summed E-state index contributed by atoms with van der Waals surface area (Å²) in [6.07, 6.45) is 6.12. The van der Waals surface area contributed by atoms with Crippen LogP contribution in [0.25, 0.3) is 0 Å². The first-order valence-electron chi connectivity index (χ1n) is 6.48. The maximum absolute atomic E-state index is 12.0. The molecular formula is C14H18O4. The molecule has 0 aromatic rings. The van der Waals surface area contributed by atoms with Crippen LogP contribution in [0.2, 0.25) is 0 Å². The van der Waals surface area contributed by atoms with Crippen molar-refractivity contribution in [2.75, 3.05) is 0 Å². The molecule has 1 heterocycles. The first kappa shape index (κ1) is 11.8. The third-order valence-corrected chi connectivity index (χ3v) is 4.78. The van der Waals surface area contributed by atoms with Crippen molar-refractivity contribution in [2.24, 2.45) is 23.2 Å². The molecule has 0 aromatic carbocycles. The van der Waals surface area contributed by atoms with Crippen LogP contribution in [-0.4, -0.2) is 22.6 Å². The molecule has 0 radical (unpaired) electrons. The monoisotopic (exact) mass is 250 g/mol. The highest BCUT2D eigenvalue weighted by Gasteiger charge is 2.59. The molecule has 0 aromatic heterocycles. The van der Waals surface area contributed by atoms with E-state index < -0.39 is 11.6 Å². The molecule has 4 nitrogen and oxygen atoms in total. The van der Waals surface area contributed by atoms with Gasteiger partial charge < -0.3 is 9.84 Å². The molecule has 4 atom stereocenters. The summed E-state index contributed by atoms with van der Waals surface area (Å²) >= 11 is 0. The number of fused-ring (bicyclic) bond motifs is 2. The Labute approximate surface area is 106 Å². The minimum Gasteiger partial charge on any atom is -0.481 e. The maximum Gasteiger partial charge on any atom is 0.310 e. The SMILES string of the molecule is CC1(C)CC(C23C=CC(C2)C(C(=O)O)C3)C(=O)O1. The number of carboxylic acids is 1. The van der Waals surface area contributed by atoms with Gasteiger partial charge in [-0.1, -0.05) is 12.2 Å². The third kappa shape index (κ3) is 1.51. The Bertz CT molecular complexity index is 451. The molecule has 3 aliphatic rings. The molecule has 3 rings (SSSR count). The number of hydrogen-bond donors (Lipinski definition) is 1. The Morgan fingerprint density at radius 1 is 1.39 bits per heavy atom. The van der Waals surface area contributed by atoms with Gasteiger partial charge in [-0.2, -0.15) is 0 Å². The van der Waals surface area contributed by atoms with E-state index in [4.69, 9.17) is 4.74 Å². The van der Waals surface area contributed by atoms with Crippen molar-refractivity contribution in [2.45, 2.75) is 38.7 Å². The minimum absolute atomic E-state index is 0.0963. The van der Waals surface area contributed by atoms with Gasteiger partial charge in [-0.05, 0) is 32.6 Å². The molecule has 1 saturated heterocycles. The Kier molecular flexibility index (Phi) is 2.20. The van der Waals surface area contributed by atoms with Gasteiger partial charge >= 0.3 is 11.9 Å². The molecule has 2 fully saturated rings. The van der Waals surface area contributed by atoms with Crippen molar-refractivity contribution in [1.82, 2.24) is 0 Å². The van der Waals surface area contributed by atoms with Gasteiger partial charge in [0.2, 0.25) is 0 Å². The Morgan fingerprint density at radius 2 is 2.11 bits per heavy atom. The molecule has 1 N–H and O–H groups in total. The number of allylic oxidation sites excluding steroid dienone is 2. The quantitative estimate of drug-likeness (QED) is 0.601. The van der Waals surface area contributed by atoms with Crippen LogP contribution >= 0.6 is 0 Å². The van der Waals surface area contributed by atoms with E-state index >= 15 is 0 Å². The van der Waals surface area contributed by atoms with Gasteiger partial charge in [0, 0.05) is 11.8 Å². The van der Waals surface area contributed by atoms with Crippen LogP contribution in [0, 0.1) is 23.2 Å². The van der Waals surface area contributed by atoms with Crippen molar-refractivity contribution in [3.8, 4) is 0 Å². The molecule has 18 heavy (non-hydrogen) atoms. The summed E-state index contributed by atoms with van der Waals surface area (Å²) in [4.78, 5) is 23.2. The molecule has 98 valence electrons. The fraction of sp³-hybridized carbons (Fsp3) is 0.714. The first-order valence-corrected chi connectivity index (χ1v) is 6.48. The second kappa shape index (κ2) is 3.37. The number of aliphatic carboxylic acids is 1. The Hall–Kier alpha value is -1.32. The molecule has 0 amide bonds. The summed E-state index contributed by atoms with van der Waals surface area (Å²) in [7, 11) is 0. The fourth-order valence-corrected chi connectivity index (χ4v) is 3.95. The average Bonchev–Trinajstić information content (AvgIpc) is 2.89. The van der Waals surface area contributed by atoms with E-state index in [-0.39, 0.29) is 29.1 Å². The molecule has 1 saturated carbocycles. The second-order valence-corrected chi connectivity index (χ2v) is 6.55. The first-order chi connectivity index (χ1) is 8.33. The predicted octanol–water partition coefficient (Wildman–Crippen LogP) is 2.00. The number of carbonyl (C=O) groups is 2. The number of carbonyl (C=O) groups excluding carboxylic acids is 1. The van der Waals surface area contributed by atoms with Gasteiger partial charge in [0.25, 0.3) is 0 Å². The van der Waals surface area contributed by atoms with Crippen molar-refractivity contribution in [3.63, 3.8) is 0 Å². The molecule has 2 bridgehead atoms. The summed E-state index contributed by atoms with van der Waals surface area (Å²) < 4.78 is 5.39. The molecule has 4 unspecified atom stereocenters. The number of carboxylic acid groups (broad SMARTS) is 1. The number of esters is 1. The highest BCUT2D eigenvalue weighted by atomic mass is 16.6. The van der Waals surface area contributed by atoms with Gasteiger partial charge in [0.1, 0.15) is 5.60 Å². The Balaban J connectivity index is 1.88. The van der Waals surface area contributed by atoms with Gasteiger partial charge in [0.05, 0.1) is 11.8 Å². The van der Waals surface area contributed by atoms with E-state index in [1.165, 1.54) is 0 Å². The summed E-state index contributed by atoms with van der Waals surface area (Å²) in [5, 5.41) is 9.21. The van der Waals surface area contributed by atoms with Crippen molar-refractivity contribution >= 4 is 11.9 Å². The Morgan fingerprint density at radius 3 is 2.61 bits per heavy atom. The van der Waals surface area contributed by atoms with Crippen LogP contribution in [0.3, 0.4) is 0 Å². The number of rotatable bonds is 2. The zero-order valence-corrected chi connectivity index (χ0v) is 10.7. The lowest BCUT2D eigenvalue weighted by molar-refractivity contribution is -0.151. The van der Waals surface area contributed by atoms with Crippen LogP contribution in [-0.2, 0) is 14.3 Å². The molecule has 1 aliphatic heterocycles. The predicted molar refractivity (Wildman–Crippen MR) is 63.7 cm³/mol. The van der Waals surface area contributed by atoms with E-state index in [0.29, 0.717) is 12.8 Å². The van der Waals surface area contributed by atoms with Crippen LogP contribution in [0.5, 0.6) is 0 Å². The van der Waals surface area contributed by atoms with E-state index in [9.17, 15) is 14.7 Å². The molecule has 2 aliphatic carbocycles. The molecule has 4 heteroatoms. The van der Waals surface area contributed by atoms with Crippen LogP contribution in [0.4, 0.5) is 0 Å². The van der Waals surface area contributed by atoms with Crippen LogP contribution < -0.4 is 0 Å². The van der Waals surface area contributed by atoms with Gasteiger partial charge in [0.15, 0.2) is 0 Å². The third-order valence-electron chi connectivity index (χ3n) is 4.78. The minimum atomic E-state index is -0.739. The van der Waals surface area contributed by atoms with E-state index in [0.717, 1.165) is 6.42 Å². The van der Waals surface area contributed by atoms with Crippen molar-refractivity contribution in [3.05, 3.63) is 12.2 Å². The molecule has 0 spiro atoms. The largest absolute Gasteiger partial charge is 0.481 e. The van der Waals surface area contributed by atoms with Crippen molar-refractivity contribution in [1.29, 1.82) is 0 Å². The van der Waals surface area contributed by atoms with E-state index in [1.807, 2.05) is 19.9 Å². The number of cyclic esters (lactones) is 1. The maximum atomic E-state index is 12.0. The average molecular weight is 250 g/mol. The van der Waals surface area contributed by atoms with Gasteiger partial charge in [-0.15, -0.1) is 0 Å². The van der Waals surface area contributed by atoms with E-state index in [1.54, 1.807) is 0 Å². The standard InChI is InChI=1S/C14H18O4/c1-13(2)7-10(12(17)18-13)14-4-3-8(5-14)9(6-14)11(15)16/h3-4,8-10H,5-7H2,1-2H3,(H,15,16). The zero-order valence-electron chi connectivity index (χ0n) is 10.7. The highest BCUT2D eigenvalue weighted by Crippen LogP contribution is 2.59. The summed E-state index contributed by atoms with van der Waals surface area (Å²) in [5.41, 5.74) is -0.678. The van der Waals surface area contributed by atoms with Crippen LogP contribution in [0.1, 0.15) is 33.1 Å². The van der Waals surface area contributed by atoms with E-state index in [2.05, 4.69) is 6.08 Å². The fourth-order valence-electron chi connectivity index (χ4n) is 3.95. The lowest BCUT2D eigenvalue weighted by Gasteiger charge is -2.29. The van der Waals surface area contributed by atoms with Crippen LogP contribution in [0.15, 0.2) is 12.2 Å². The zero-order chi connectivity index (χ0) is 13.1. The smallest absolute Gasteiger partial charge is 0.310 e. The highest BCUT2D eigenvalue weighted by molar-refractivity contribution is 5.78. The second-order valence-electron chi connectivity index (χ2n) is 6.55. The number of ether oxygens (including phenoxy) is 1. The number of hydrogen-bond acceptors (Lipinski definition) is 3. The van der Waals surface area contributed by atoms with Crippen molar-refractivity contribution < 1.29 is 19.4 Å². The van der Waals surface area contributed by atoms with Gasteiger partial charge in [-0.25, -0.2) is 0 Å².